The van der Waals surface area contributed by atoms with Gasteiger partial charge in [-0.15, -0.1) is 0 Å². The minimum absolute atomic E-state index is 0.0515. The summed E-state index contributed by atoms with van der Waals surface area (Å²) in [5.74, 6) is 2.67. The van der Waals surface area contributed by atoms with Crippen molar-refractivity contribution in [3.8, 4) is 17.6 Å². The standard InChI is InChI=1S/C25H24N4O4/c1-31-21-8-6-16(11-22(21)32-2)7-9-23-27-19(12-26)25(33-23)28-13-17-10-18(15-28)20-4-3-5-24(30)29(20)14-17/h3-9,11,17-18H,10,13-15H2,1-2H3/t17-,18-/m0/s1. The Morgan fingerprint density at radius 2 is 1.97 bits per heavy atom. The number of piperidine rings is 1. The lowest BCUT2D eigenvalue weighted by Crippen LogP contribution is -2.47. The number of ether oxygens (including phenoxy) is 2. The van der Waals surface area contributed by atoms with Gasteiger partial charge in [-0.2, -0.15) is 10.2 Å². The summed E-state index contributed by atoms with van der Waals surface area (Å²) < 4.78 is 18.5. The summed E-state index contributed by atoms with van der Waals surface area (Å²) in [7, 11) is 3.18. The lowest BCUT2D eigenvalue weighted by atomic mass is 9.83. The van der Waals surface area contributed by atoms with Crippen LogP contribution in [0, 0.1) is 17.2 Å². The number of aromatic nitrogens is 2. The Bertz CT molecular complexity index is 1320. The summed E-state index contributed by atoms with van der Waals surface area (Å²) in [6.45, 7) is 2.09. The maximum atomic E-state index is 12.3. The molecule has 0 saturated carbocycles. The zero-order valence-electron chi connectivity index (χ0n) is 18.5. The summed E-state index contributed by atoms with van der Waals surface area (Å²) in [5, 5.41) is 9.67. The number of methoxy groups -OCH3 is 2. The molecule has 8 nitrogen and oxygen atoms in total. The first kappa shape index (κ1) is 20.9. The molecule has 168 valence electrons. The SMILES string of the molecule is COc1ccc(C=Cc2nc(C#N)c(N3C[C@@H]4C[C@@H](C3)c3cccc(=O)n3C4)o2)cc1OC. The Morgan fingerprint density at radius 3 is 2.76 bits per heavy atom. The molecule has 5 rings (SSSR count). The molecule has 0 spiro atoms. The van der Waals surface area contributed by atoms with Crippen LogP contribution in [0.3, 0.4) is 0 Å². The van der Waals surface area contributed by atoms with Crippen molar-refractivity contribution in [2.45, 2.75) is 18.9 Å². The van der Waals surface area contributed by atoms with Crippen LogP contribution < -0.4 is 19.9 Å². The van der Waals surface area contributed by atoms with Crippen LogP contribution >= 0.6 is 0 Å². The molecular formula is C25H24N4O4. The molecule has 2 aromatic heterocycles. The monoisotopic (exact) mass is 444 g/mol. The normalized spacial score (nSPS) is 19.2. The molecule has 0 N–H and O–H groups in total. The first-order chi connectivity index (χ1) is 16.1. The van der Waals surface area contributed by atoms with E-state index in [1.165, 1.54) is 0 Å². The highest BCUT2D eigenvalue weighted by Gasteiger charge is 2.36. The number of nitriles is 1. The van der Waals surface area contributed by atoms with E-state index in [4.69, 9.17) is 13.9 Å². The Balaban J connectivity index is 1.40. The van der Waals surface area contributed by atoms with Crippen molar-refractivity contribution in [3.05, 3.63) is 69.6 Å². The average molecular weight is 444 g/mol. The summed E-state index contributed by atoms with van der Waals surface area (Å²) >= 11 is 0. The number of hydrogen-bond donors (Lipinski definition) is 0. The fourth-order valence-electron chi connectivity index (χ4n) is 4.87. The van der Waals surface area contributed by atoms with Gasteiger partial charge in [0.2, 0.25) is 17.5 Å². The predicted molar refractivity (Wildman–Crippen MR) is 123 cm³/mol. The summed E-state index contributed by atoms with van der Waals surface area (Å²) in [6, 6.07) is 13.2. The van der Waals surface area contributed by atoms with Gasteiger partial charge in [0.25, 0.3) is 5.56 Å². The highest BCUT2D eigenvalue weighted by atomic mass is 16.5. The zero-order chi connectivity index (χ0) is 22.9. The van der Waals surface area contributed by atoms with Gasteiger partial charge in [0.05, 0.1) is 14.2 Å². The molecule has 8 heteroatoms. The number of hydrogen-bond acceptors (Lipinski definition) is 7. The molecule has 0 aliphatic carbocycles. The molecule has 0 radical (unpaired) electrons. The average Bonchev–Trinajstić information content (AvgIpc) is 3.26. The maximum Gasteiger partial charge on any atom is 0.250 e. The summed E-state index contributed by atoms with van der Waals surface area (Å²) in [6.07, 6.45) is 4.62. The second-order valence-corrected chi connectivity index (χ2v) is 8.37. The van der Waals surface area contributed by atoms with Crippen LogP contribution in [0.1, 0.15) is 35.2 Å². The molecule has 1 saturated heterocycles. The highest BCUT2D eigenvalue weighted by molar-refractivity contribution is 5.69. The maximum absolute atomic E-state index is 12.3. The molecule has 2 aliphatic heterocycles. The molecule has 1 fully saturated rings. The third-order valence-electron chi connectivity index (χ3n) is 6.32. The third-order valence-corrected chi connectivity index (χ3v) is 6.32. The number of benzene rings is 1. The van der Waals surface area contributed by atoms with E-state index in [0.717, 1.165) is 24.2 Å². The minimum Gasteiger partial charge on any atom is -0.493 e. The van der Waals surface area contributed by atoms with Crippen LogP contribution in [0.5, 0.6) is 11.5 Å². The molecule has 2 aliphatic rings. The van der Waals surface area contributed by atoms with Crippen molar-refractivity contribution in [3.63, 3.8) is 0 Å². The Labute approximate surface area is 191 Å². The smallest absolute Gasteiger partial charge is 0.250 e. The van der Waals surface area contributed by atoms with Gasteiger partial charge in [-0.05, 0) is 42.2 Å². The van der Waals surface area contributed by atoms with Gasteiger partial charge < -0.3 is 23.4 Å². The van der Waals surface area contributed by atoms with E-state index in [-0.39, 0.29) is 17.2 Å². The van der Waals surface area contributed by atoms with Crippen LogP contribution in [0.2, 0.25) is 0 Å². The number of nitrogens with zero attached hydrogens (tertiary/aromatic N) is 4. The van der Waals surface area contributed by atoms with E-state index >= 15 is 0 Å². The Morgan fingerprint density at radius 1 is 1.12 bits per heavy atom. The number of oxazole rings is 1. The van der Waals surface area contributed by atoms with Crippen molar-refractivity contribution in [2.24, 2.45) is 5.92 Å². The number of rotatable bonds is 5. The van der Waals surface area contributed by atoms with Gasteiger partial charge in [-0.1, -0.05) is 12.1 Å². The van der Waals surface area contributed by atoms with Crippen molar-refractivity contribution in [2.75, 3.05) is 32.2 Å². The summed E-state index contributed by atoms with van der Waals surface area (Å²) in [5.41, 5.74) is 2.26. The van der Waals surface area contributed by atoms with Crippen LogP contribution in [-0.2, 0) is 6.54 Å². The molecule has 3 aromatic rings. The number of anilines is 1. The van der Waals surface area contributed by atoms with E-state index in [1.807, 2.05) is 41.0 Å². The predicted octanol–water partition coefficient (Wildman–Crippen LogP) is 3.52. The van der Waals surface area contributed by atoms with E-state index in [9.17, 15) is 10.1 Å². The molecule has 2 bridgehead atoms. The molecule has 4 heterocycles. The molecule has 0 unspecified atom stereocenters. The first-order valence-electron chi connectivity index (χ1n) is 10.9. The van der Waals surface area contributed by atoms with Crippen LogP contribution in [-0.4, -0.2) is 36.9 Å². The van der Waals surface area contributed by atoms with Crippen LogP contribution in [0.15, 0.2) is 45.6 Å². The van der Waals surface area contributed by atoms with E-state index in [2.05, 4.69) is 16.0 Å². The number of pyridine rings is 1. The molecule has 33 heavy (non-hydrogen) atoms. The minimum atomic E-state index is 0.0515. The fraction of sp³-hybridized carbons (Fsp3) is 0.320. The first-order valence-corrected chi connectivity index (χ1v) is 10.9. The van der Waals surface area contributed by atoms with Crippen molar-refractivity contribution >= 4 is 18.0 Å². The van der Waals surface area contributed by atoms with Gasteiger partial charge in [-0.3, -0.25) is 4.79 Å². The lowest BCUT2D eigenvalue weighted by Gasteiger charge is -2.42. The second-order valence-electron chi connectivity index (χ2n) is 8.37. The van der Waals surface area contributed by atoms with Crippen molar-refractivity contribution < 1.29 is 13.9 Å². The third kappa shape index (κ3) is 3.87. The van der Waals surface area contributed by atoms with Crippen molar-refractivity contribution in [1.29, 1.82) is 5.26 Å². The van der Waals surface area contributed by atoms with Crippen LogP contribution in [0.25, 0.3) is 12.2 Å². The molecule has 1 aromatic carbocycles. The quantitative estimate of drug-likeness (QED) is 0.594. The van der Waals surface area contributed by atoms with Crippen molar-refractivity contribution in [1.82, 2.24) is 9.55 Å². The second kappa shape index (κ2) is 8.51. The van der Waals surface area contributed by atoms with Gasteiger partial charge in [-0.25, -0.2) is 0 Å². The Kier molecular flexibility index (Phi) is 5.38. The van der Waals surface area contributed by atoms with Crippen LogP contribution in [0.4, 0.5) is 5.88 Å². The molecule has 0 amide bonds. The van der Waals surface area contributed by atoms with Gasteiger partial charge in [0.1, 0.15) is 6.07 Å². The zero-order valence-corrected chi connectivity index (χ0v) is 18.5. The highest BCUT2D eigenvalue weighted by Crippen LogP contribution is 2.38. The van der Waals surface area contributed by atoms with Gasteiger partial charge in [0.15, 0.2) is 11.5 Å². The molecular weight excluding hydrogens is 420 g/mol. The largest absolute Gasteiger partial charge is 0.493 e. The van der Waals surface area contributed by atoms with Gasteiger partial charge in [0, 0.05) is 43.4 Å². The molecule has 2 atom stereocenters. The van der Waals surface area contributed by atoms with E-state index < -0.39 is 0 Å². The van der Waals surface area contributed by atoms with E-state index in [1.54, 1.807) is 26.4 Å². The summed E-state index contributed by atoms with van der Waals surface area (Å²) in [4.78, 5) is 18.7. The topological polar surface area (TPSA) is 93.5 Å². The number of fused-ring (bicyclic) bond motifs is 4. The Hall–Kier alpha value is -3.99. The fourth-order valence-corrected chi connectivity index (χ4v) is 4.87. The van der Waals surface area contributed by atoms with Gasteiger partial charge >= 0.3 is 0 Å². The lowest BCUT2D eigenvalue weighted by molar-refractivity contribution is 0.275. The van der Waals surface area contributed by atoms with E-state index in [0.29, 0.717) is 42.3 Å².